The Labute approximate surface area is 130 Å². The molecule has 1 aromatic heterocycles. The van der Waals surface area contributed by atoms with Crippen LogP contribution in [0.15, 0.2) is 48.1 Å². The zero-order valence-electron chi connectivity index (χ0n) is 12.7. The molecule has 0 spiro atoms. The standard InChI is InChI=1S/C18H20FN3/c1-13-11-18(15-6-4-5-14(12-15)9-10-20)22(21-13)17-8-3-2-7-16(17)19/h2-3,6-8,11-12H,4-5,9-10,20H2,1H3. The summed E-state index contributed by atoms with van der Waals surface area (Å²) in [7, 11) is 0. The number of nitrogens with zero attached hydrogens (tertiary/aromatic N) is 2. The quantitative estimate of drug-likeness (QED) is 0.933. The number of rotatable bonds is 4. The molecule has 0 saturated carbocycles. The lowest BCUT2D eigenvalue weighted by molar-refractivity contribution is 0.609. The van der Waals surface area contributed by atoms with Crippen LogP contribution in [0.3, 0.4) is 0 Å². The number of nitrogens with two attached hydrogens (primary N) is 1. The minimum atomic E-state index is -0.269. The molecule has 3 nitrogen and oxygen atoms in total. The fraction of sp³-hybridized carbons (Fsp3) is 0.278. The first-order valence-electron chi connectivity index (χ1n) is 7.60. The number of allylic oxidation sites excluding steroid dienone is 3. The van der Waals surface area contributed by atoms with Crippen molar-refractivity contribution in [2.24, 2.45) is 5.73 Å². The average Bonchev–Trinajstić information content (AvgIpc) is 2.90. The Morgan fingerprint density at radius 1 is 1.32 bits per heavy atom. The molecule has 0 bridgehead atoms. The summed E-state index contributed by atoms with van der Waals surface area (Å²) < 4.78 is 15.8. The van der Waals surface area contributed by atoms with Crippen LogP contribution in [0.5, 0.6) is 0 Å². The van der Waals surface area contributed by atoms with Gasteiger partial charge >= 0.3 is 0 Å². The van der Waals surface area contributed by atoms with E-state index < -0.39 is 0 Å². The summed E-state index contributed by atoms with van der Waals surface area (Å²) in [6.45, 7) is 2.58. The fourth-order valence-electron chi connectivity index (χ4n) is 2.84. The number of benzene rings is 1. The van der Waals surface area contributed by atoms with Gasteiger partial charge in [-0.1, -0.05) is 29.9 Å². The van der Waals surface area contributed by atoms with Crippen molar-refractivity contribution >= 4 is 5.57 Å². The monoisotopic (exact) mass is 297 g/mol. The molecule has 114 valence electrons. The van der Waals surface area contributed by atoms with Crippen molar-refractivity contribution in [3.05, 3.63) is 65.3 Å². The van der Waals surface area contributed by atoms with Gasteiger partial charge in [0.2, 0.25) is 0 Å². The number of aromatic nitrogens is 2. The van der Waals surface area contributed by atoms with Crippen molar-refractivity contribution in [3.8, 4) is 5.69 Å². The molecule has 2 N–H and O–H groups in total. The lowest BCUT2D eigenvalue weighted by Gasteiger charge is -2.15. The molecule has 0 fully saturated rings. The lowest BCUT2D eigenvalue weighted by Crippen LogP contribution is -2.06. The molecule has 22 heavy (non-hydrogen) atoms. The molecular formula is C18H20FN3. The predicted molar refractivity (Wildman–Crippen MR) is 87.2 cm³/mol. The first-order valence-corrected chi connectivity index (χ1v) is 7.60. The topological polar surface area (TPSA) is 43.8 Å². The van der Waals surface area contributed by atoms with E-state index in [-0.39, 0.29) is 5.82 Å². The average molecular weight is 297 g/mol. The van der Waals surface area contributed by atoms with E-state index in [9.17, 15) is 4.39 Å². The maximum atomic E-state index is 14.1. The van der Waals surface area contributed by atoms with Gasteiger partial charge in [-0.25, -0.2) is 9.07 Å². The minimum Gasteiger partial charge on any atom is -0.330 e. The van der Waals surface area contributed by atoms with Gasteiger partial charge in [0.05, 0.1) is 11.4 Å². The van der Waals surface area contributed by atoms with Gasteiger partial charge in [0, 0.05) is 0 Å². The smallest absolute Gasteiger partial charge is 0.148 e. The van der Waals surface area contributed by atoms with Gasteiger partial charge in [-0.15, -0.1) is 0 Å². The van der Waals surface area contributed by atoms with E-state index in [0.717, 1.165) is 36.2 Å². The molecule has 3 rings (SSSR count). The third-order valence-electron chi connectivity index (χ3n) is 3.86. The van der Waals surface area contributed by atoms with Crippen molar-refractivity contribution < 1.29 is 4.39 Å². The molecule has 2 aromatic rings. The predicted octanol–water partition coefficient (Wildman–Crippen LogP) is 3.77. The number of aryl methyl sites for hydroxylation is 1. The van der Waals surface area contributed by atoms with Crippen LogP contribution in [0, 0.1) is 12.7 Å². The van der Waals surface area contributed by atoms with E-state index in [1.807, 2.05) is 19.1 Å². The van der Waals surface area contributed by atoms with Crippen LogP contribution in [0.1, 0.15) is 30.7 Å². The normalized spacial score (nSPS) is 14.7. The summed E-state index contributed by atoms with van der Waals surface area (Å²) in [5.41, 5.74) is 10.4. The Morgan fingerprint density at radius 2 is 2.14 bits per heavy atom. The molecule has 0 unspecified atom stereocenters. The molecule has 0 atom stereocenters. The fourth-order valence-corrected chi connectivity index (χ4v) is 2.84. The number of hydrogen-bond acceptors (Lipinski definition) is 2. The van der Waals surface area contributed by atoms with E-state index in [2.05, 4.69) is 17.3 Å². The third kappa shape index (κ3) is 2.88. The number of halogens is 1. The van der Waals surface area contributed by atoms with Gasteiger partial charge < -0.3 is 5.73 Å². The summed E-state index contributed by atoms with van der Waals surface area (Å²) in [5, 5.41) is 4.47. The van der Waals surface area contributed by atoms with Gasteiger partial charge in [0.1, 0.15) is 11.5 Å². The van der Waals surface area contributed by atoms with Crippen molar-refractivity contribution in [1.82, 2.24) is 9.78 Å². The van der Waals surface area contributed by atoms with Crippen LogP contribution in [-0.2, 0) is 0 Å². The largest absolute Gasteiger partial charge is 0.330 e. The van der Waals surface area contributed by atoms with Crippen LogP contribution < -0.4 is 5.73 Å². The zero-order valence-corrected chi connectivity index (χ0v) is 12.7. The highest BCUT2D eigenvalue weighted by molar-refractivity contribution is 5.75. The molecule has 0 saturated heterocycles. The highest BCUT2D eigenvalue weighted by Crippen LogP contribution is 2.29. The van der Waals surface area contributed by atoms with E-state index in [4.69, 9.17) is 5.73 Å². The van der Waals surface area contributed by atoms with Crippen molar-refractivity contribution in [2.45, 2.75) is 26.2 Å². The maximum Gasteiger partial charge on any atom is 0.148 e. The highest BCUT2D eigenvalue weighted by atomic mass is 19.1. The minimum absolute atomic E-state index is 0.269. The summed E-state index contributed by atoms with van der Waals surface area (Å²) >= 11 is 0. The first-order chi connectivity index (χ1) is 10.7. The lowest BCUT2D eigenvalue weighted by atomic mass is 9.95. The Bertz CT molecular complexity index is 741. The van der Waals surface area contributed by atoms with E-state index >= 15 is 0 Å². The summed E-state index contributed by atoms with van der Waals surface area (Å²) in [5.74, 6) is -0.269. The maximum absolute atomic E-state index is 14.1. The van der Waals surface area contributed by atoms with Crippen LogP contribution in [-0.4, -0.2) is 16.3 Å². The van der Waals surface area contributed by atoms with Gasteiger partial charge in [0.15, 0.2) is 0 Å². The van der Waals surface area contributed by atoms with Crippen LogP contribution >= 0.6 is 0 Å². The Balaban J connectivity index is 2.06. The van der Waals surface area contributed by atoms with E-state index in [1.54, 1.807) is 16.8 Å². The van der Waals surface area contributed by atoms with Gasteiger partial charge in [-0.05, 0) is 56.5 Å². The summed E-state index contributed by atoms with van der Waals surface area (Å²) in [6, 6.07) is 8.72. The highest BCUT2D eigenvalue weighted by Gasteiger charge is 2.15. The molecule has 0 aliphatic heterocycles. The van der Waals surface area contributed by atoms with Gasteiger partial charge in [0.25, 0.3) is 0 Å². The summed E-state index contributed by atoms with van der Waals surface area (Å²) in [4.78, 5) is 0. The molecule has 1 heterocycles. The Morgan fingerprint density at radius 3 is 2.91 bits per heavy atom. The Hall–Kier alpha value is -2.20. The first kappa shape index (κ1) is 14.7. The van der Waals surface area contributed by atoms with Crippen LogP contribution in [0.25, 0.3) is 11.3 Å². The van der Waals surface area contributed by atoms with Crippen molar-refractivity contribution in [3.63, 3.8) is 0 Å². The molecular weight excluding hydrogens is 277 g/mol. The van der Waals surface area contributed by atoms with Crippen LogP contribution in [0.4, 0.5) is 4.39 Å². The third-order valence-corrected chi connectivity index (χ3v) is 3.86. The zero-order chi connectivity index (χ0) is 15.5. The molecule has 0 amide bonds. The van der Waals surface area contributed by atoms with Crippen molar-refractivity contribution in [1.29, 1.82) is 0 Å². The van der Waals surface area contributed by atoms with Gasteiger partial charge in [-0.2, -0.15) is 5.10 Å². The van der Waals surface area contributed by atoms with Gasteiger partial charge in [-0.3, -0.25) is 0 Å². The van der Waals surface area contributed by atoms with E-state index in [0.29, 0.717) is 12.2 Å². The number of hydrogen-bond donors (Lipinski definition) is 1. The van der Waals surface area contributed by atoms with E-state index in [1.165, 1.54) is 11.6 Å². The van der Waals surface area contributed by atoms with Crippen LogP contribution in [0.2, 0.25) is 0 Å². The molecule has 1 aliphatic rings. The molecule has 1 aliphatic carbocycles. The Kier molecular flexibility index (Phi) is 4.20. The SMILES string of the molecule is Cc1cc(C2=CCCC(CCN)=C2)n(-c2ccccc2F)n1. The molecule has 1 aromatic carbocycles. The molecule has 0 radical (unpaired) electrons. The van der Waals surface area contributed by atoms with Crippen molar-refractivity contribution in [2.75, 3.05) is 6.54 Å². The second-order valence-electron chi connectivity index (χ2n) is 5.57. The second kappa shape index (κ2) is 6.28. The molecule has 4 heteroatoms. The summed E-state index contributed by atoms with van der Waals surface area (Å²) in [6.07, 6.45) is 7.30. The second-order valence-corrected chi connectivity index (χ2v) is 5.57. The number of para-hydroxylation sites is 1.